The number of benzene rings is 1. The van der Waals surface area contributed by atoms with Crippen LogP contribution in [0.25, 0.3) is 0 Å². The number of hydrogen-bond donors (Lipinski definition) is 3. The molecule has 3 N–H and O–H groups in total. The van der Waals surface area contributed by atoms with E-state index in [1.807, 2.05) is 19.1 Å². The van der Waals surface area contributed by atoms with Crippen molar-refractivity contribution >= 4 is 41.2 Å². The molecule has 220 valence electrons. The van der Waals surface area contributed by atoms with Crippen LogP contribution in [0.1, 0.15) is 56.6 Å². The third-order valence-corrected chi connectivity index (χ3v) is 8.68. The minimum absolute atomic E-state index is 0.0355. The Balaban J connectivity index is 1.41. The van der Waals surface area contributed by atoms with E-state index < -0.39 is 29.1 Å². The number of nitrogens with one attached hydrogen (secondary N) is 3. The number of pyridine rings is 2. The average molecular weight is 592 g/mol. The second kappa shape index (κ2) is 13.1. The average Bonchev–Trinajstić information content (AvgIpc) is 3.74. The van der Waals surface area contributed by atoms with Gasteiger partial charge in [0.2, 0.25) is 11.8 Å². The summed E-state index contributed by atoms with van der Waals surface area (Å²) in [6, 6.07) is 11.7. The van der Waals surface area contributed by atoms with Crippen LogP contribution < -0.4 is 16.0 Å². The van der Waals surface area contributed by atoms with E-state index in [-0.39, 0.29) is 24.1 Å². The number of carbonyl (C=O) groups excluding carboxylic acids is 3. The van der Waals surface area contributed by atoms with Crippen molar-refractivity contribution in [3.05, 3.63) is 83.0 Å². The highest BCUT2D eigenvalue weighted by atomic mass is 35.5. The second-order valence-corrected chi connectivity index (χ2v) is 11.9. The molecule has 0 saturated heterocycles. The van der Waals surface area contributed by atoms with Gasteiger partial charge in [-0.25, -0.2) is 9.37 Å². The van der Waals surface area contributed by atoms with Gasteiger partial charge in [0.15, 0.2) is 0 Å². The van der Waals surface area contributed by atoms with E-state index in [9.17, 15) is 14.4 Å². The fourth-order valence-corrected chi connectivity index (χ4v) is 6.19. The lowest BCUT2D eigenvalue weighted by Crippen LogP contribution is -2.44. The van der Waals surface area contributed by atoms with Crippen LogP contribution in [0.3, 0.4) is 0 Å². The van der Waals surface area contributed by atoms with Crippen LogP contribution >= 0.6 is 11.6 Å². The number of nitrogens with zero attached hydrogens (tertiary/aromatic N) is 2. The van der Waals surface area contributed by atoms with Crippen LogP contribution in [0, 0.1) is 29.5 Å². The van der Waals surface area contributed by atoms with Gasteiger partial charge in [-0.1, -0.05) is 37.4 Å². The highest BCUT2D eigenvalue weighted by Crippen LogP contribution is 2.42. The summed E-state index contributed by atoms with van der Waals surface area (Å²) in [5, 5.41) is 9.43. The van der Waals surface area contributed by atoms with Gasteiger partial charge in [0.25, 0.3) is 0 Å². The fraction of sp³-hybridized carbons (Fsp3) is 0.406. The van der Waals surface area contributed by atoms with Gasteiger partial charge < -0.3 is 15.4 Å². The van der Waals surface area contributed by atoms with Crippen LogP contribution in [-0.2, 0) is 19.9 Å². The zero-order valence-corrected chi connectivity index (χ0v) is 24.2. The lowest BCUT2D eigenvalue weighted by Gasteiger charge is -2.36. The van der Waals surface area contributed by atoms with E-state index in [0.717, 1.165) is 23.8 Å². The molecule has 42 heavy (non-hydrogen) atoms. The highest BCUT2D eigenvalue weighted by Gasteiger charge is 2.42. The Hall–Kier alpha value is -3.69. The highest BCUT2D eigenvalue weighted by molar-refractivity contribution is 6.30. The molecule has 8 nitrogen and oxygen atoms in total. The zero-order valence-electron chi connectivity index (χ0n) is 23.5. The Morgan fingerprint density at radius 1 is 1.02 bits per heavy atom. The van der Waals surface area contributed by atoms with Crippen molar-refractivity contribution in [3.63, 3.8) is 0 Å². The molecule has 0 bridgehead atoms. The van der Waals surface area contributed by atoms with E-state index in [1.54, 1.807) is 36.7 Å². The normalized spacial score (nSPS) is 21.4. The predicted octanol–water partition coefficient (Wildman–Crippen LogP) is 5.73. The maximum absolute atomic E-state index is 15.2. The van der Waals surface area contributed by atoms with Crippen molar-refractivity contribution in [1.82, 2.24) is 15.3 Å². The maximum atomic E-state index is 15.2. The monoisotopic (exact) mass is 591 g/mol. The van der Waals surface area contributed by atoms with Crippen LogP contribution in [-0.4, -0.2) is 34.6 Å². The number of amides is 2. The summed E-state index contributed by atoms with van der Waals surface area (Å²) < 4.78 is 15.2. The quantitative estimate of drug-likeness (QED) is 0.232. The summed E-state index contributed by atoms with van der Waals surface area (Å²) in [7, 11) is 0. The number of rotatable bonds is 12. The molecule has 2 aromatic heterocycles. The molecule has 2 saturated carbocycles. The number of hydrogen-bond acceptors (Lipinski definition) is 6. The van der Waals surface area contributed by atoms with Crippen LogP contribution in [0.4, 0.5) is 15.9 Å². The zero-order chi connectivity index (χ0) is 29.7. The topological polar surface area (TPSA) is 113 Å². The molecule has 0 radical (unpaired) electrons. The van der Waals surface area contributed by atoms with Gasteiger partial charge in [0, 0.05) is 18.6 Å². The van der Waals surface area contributed by atoms with Crippen LogP contribution in [0.15, 0.2) is 61.1 Å². The second-order valence-electron chi connectivity index (χ2n) is 11.5. The first-order chi connectivity index (χ1) is 20.3. The Morgan fingerprint density at radius 3 is 2.38 bits per heavy atom. The first-order valence-corrected chi connectivity index (χ1v) is 14.8. The van der Waals surface area contributed by atoms with Crippen molar-refractivity contribution in [2.24, 2.45) is 23.7 Å². The Kier molecular flexibility index (Phi) is 9.28. The number of anilines is 2. The van der Waals surface area contributed by atoms with Gasteiger partial charge in [0.05, 0.1) is 34.6 Å². The molecule has 2 amide bonds. The molecule has 0 aliphatic heterocycles. The molecule has 5 rings (SSSR count). The smallest absolute Gasteiger partial charge is 0.229 e. The Morgan fingerprint density at radius 2 is 1.74 bits per heavy atom. The third-order valence-electron chi connectivity index (χ3n) is 8.45. The lowest BCUT2D eigenvalue weighted by molar-refractivity contribution is -0.128. The van der Waals surface area contributed by atoms with E-state index in [2.05, 4.69) is 25.9 Å². The third kappa shape index (κ3) is 6.85. The molecular weight excluding hydrogens is 557 g/mol. The van der Waals surface area contributed by atoms with Crippen LogP contribution in [0.2, 0.25) is 5.02 Å². The SMILES string of the molecule is C[C@H]1CC(C(=O)Nc2ccc(Cl)cn2)[C@@H](C(=O)Nc2cc(C(CCC3CC3)(NCC=O)c3ccncc3)ccc2F)C1. The minimum atomic E-state index is -0.782. The van der Waals surface area contributed by atoms with Gasteiger partial charge in [-0.15, -0.1) is 0 Å². The van der Waals surface area contributed by atoms with Crippen LogP contribution in [0.5, 0.6) is 0 Å². The first kappa shape index (κ1) is 29.8. The van der Waals surface area contributed by atoms with Gasteiger partial charge in [-0.05, 0) is 85.0 Å². The summed E-state index contributed by atoms with van der Waals surface area (Å²) in [4.78, 5) is 46.5. The van der Waals surface area contributed by atoms with Crippen molar-refractivity contribution in [1.29, 1.82) is 0 Å². The van der Waals surface area contributed by atoms with E-state index in [1.165, 1.54) is 25.1 Å². The largest absolute Gasteiger partial charge is 0.323 e. The van der Waals surface area contributed by atoms with Gasteiger partial charge >= 0.3 is 0 Å². The molecule has 0 spiro atoms. The Bertz CT molecular complexity index is 1420. The van der Waals surface area contributed by atoms with Crippen molar-refractivity contribution in [2.75, 3.05) is 17.2 Å². The number of carbonyl (C=O) groups is 3. The molecule has 10 heteroatoms. The Labute approximate surface area is 249 Å². The molecule has 2 unspecified atom stereocenters. The van der Waals surface area contributed by atoms with E-state index >= 15 is 4.39 Å². The molecule has 3 aromatic rings. The standard InChI is InChI=1S/C32H35ClFN5O3/c1-20-16-25(26(17-20)31(42)39-29-7-5-24(33)19-36-29)30(41)38-28-18-23(4-6-27(28)34)32(37-14-15-40,11-8-21-2-3-21)22-9-12-35-13-10-22/h4-7,9-10,12-13,15,18-21,25-26,37H,2-3,8,11,14,16-17H2,1H3,(H,38,41)(H,36,39,42)/t20-,25+,26?,32?/m1/s1. The van der Waals surface area contributed by atoms with Crippen molar-refractivity contribution < 1.29 is 18.8 Å². The first-order valence-electron chi connectivity index (χ1n) is 14.4. The molecule has 2 aliphatic rings. The lowest BCUT2D eigenvalue weighted by atomic mass is 9.78. The maximum Gasteiger partial charge on any atom is 0.229 e. The fourth-order valence-electron chi connectivity index (χ4n) is 6.08. The molecular formula is C32H35ClFN5O3. The minimum Gasteiger partial charge on any atom is -0.323 e. The van der Waals surface area contributed by atoms with Gasteiger partial charge in [0.1, 0.15) is 17.9 Å². The molecule has 2 heterocycles. The van der Waals surface area contributed by atoms with Crippen molar-refractivity contribution in [3.8, 4) is 0 Å². The van der Waals surface area contributed by atoms with E-state index in [4.69, 9.17) is 11.6 Å². The number of aromatic nitrogens is 2. The van der Waals surface area contributed by atoms with Gasteiger partial charge in [-0.3, -0.25) is 19.9 Å². The van der Waals surface area contributed by atoms with E-state index in [0.29, 0.717) is 36.0 Å². The van der Waals surface area contributed by atoms with Crippen molar-refractivity contribution in [2.45, 2.75) is 51.0 Å². The molecule has 1 aromatic carbocycles. The summed E-state index contributed by atoms with van der Waals surface area (Å²) in [5.74, 6) is -1.41. The number of halogens is 2. The molecule has 4 atom stereocenters. The summed E-state index contributed by atoms with van der Waals surface area (Å²) in [6.45, 7) is 2.10. The predicted molar refractivity (Wildman–Crippen MR) is 159 cm³/mol. The molecule has 2 aliphatic carbocycles. The van der Waals surface area contributed by atoms with Gasteiger partial charge in [-0.2, -0.15) is 0 Å². The number of aldehydes is 1. The summed E-state index contributed by atoms with van der Waals surface area (Å²) in [5.41, 5.74) is 0.889. The summed E-state index contributed by atoms with van der Waals surface area (Å²) >= 11 is 5.90. The molecule has 2 fully saturated rings. The summed E-state index contributed by atoms with van der Waals surface area (Å²) in [6.07, 6.45) is 10.7.